The minimum atomic E-state index is 0.226. The number of hydrogen-bond acceptors (Lipinski definition) is 2. The Morgan fingerprint density at radius 2 is 2.50 bits per heavy atom. The van der Waals surface area contributed by atoms with E-state index in [1.807, 2.05) is 0 Å². The first kappa shape index (κ1) is 6.23. The third kappa shape index (κ3) is 1.56. The average molecular weight is 178 g/mol. The summed E-state index contributed by atoms with van der Waals surface area (Å²) in [7, 11) is 0. The molecule has 0 spiro atoms. The van der Waals surface area contributed by atoms with Crippen LogP contribution in [-0.4, -0.2) is 17.3 Å². The largest absolute Gasteiger partial charge is 0.304 e. The minimum absolute atomic E-state index is 0.226. The zero-order valence-corrected chi connectivity index (χ0v) is 6.07. The molecule has 0 aromatic heterocycles. The number of alkyl halides is 1. The Hall–Kier alpha value is 0.110. The molecule has 1 fully saturated rings. The van der Waals surface area contributed by atoms with Gasteiger partial charge in [0.2, 0.25) is 0 Å². The van der Waals surface area contributed by atoms with Crippen LogP contribution in [0.3, 0.4) is 0 Å². The molecule has 0 bridgehead atoms. The molecule has 8 heavy (non-hydrogen) atoms. The first-order chi connectivity index (χ1) is 3.79. The Morgan fingerprint density at radius 1 is 1.75 bits per heavy atom. The number of halogens is 1. The predicted molar refractivity (Wildman–Crippen MR) is 35.0 cm³/mol. The molecule has 1 N–H and O–H groups in total. The molecule has 3 heteroatoms. The van der Waals surface area contributed by atoms with Crippen LogP contribution in [0.5, 0.6) is 0 Å². The maximum absolute atomic E-state index is 10.6. The van der Waals surface area contributed by atoms with Crippen LogP contribution in [0.2, 0.25) is 0 Å². The van der Waals surface area contributed by atoms with E-state index in [4.69, 9.17) is 0 Å². The second kappa shape index (κ2) is 2.60. The molecular weight excluding hydrogens is 170 g/mol. The van der Waals surface area contributed by atoms with E-state index < -0.39 is 0 Å². The summed E-state index contributed by atoms with van der Waals surface area (Å²) in [5.74, 6) is 0.352. The SMILES string of the molecule is O=C1CCNC(Br)C1. The topological polar surface area (TPSA) is 29.1 Å². The zero-order chi connectivity index (χ0) is 5.98. The van der Waals surface area contributed by atoms with Crippen LogP contribution >= 0.6 is 15.9 Å². The van der Waals surface area contributed by atoms with Crippen molar-refractivity contribution in [3.05, 3.63) is 0 Å². The van der Waals surface area contributed by atoms with Gasteiger partial charge in [-0.15, -0.1) is 0 Å². The molecular formula is C5H8BrNO. The summed E-state index contributed by atoms with van der Waals surface area (Å²) in [6, 6.07) is 0. The van der Waals surface area contributed by atoms with Gasteiger partial charge in [0.15, 0.2) is 0 Å². The third-order valence-electron chi connectivity index (χ3n) is 1.18. The summed E-state index contributed by atoms with van der Waals surface area (Å²) in [6.07, 6.45) is 1.34. The molecule has 0 amide bonds. The van der Waals surface area contributed by atoms with Gasteiger partial charge < -0.3 is 5.32 Å². The average Bonchev–Trinajstić information content (AvgIpc) is 1.64. The van der Waals surface area contributed by atoms with E-state index >= 15 is 0 Å². The van der Waals surface area contributed by atoms with Crippen molar-refractivity contribution >= 4 is 21.7 Å². The van der Waals surface area contributed by atoms with Crippen LogP contribution < -0.4 is 5.32 Å². The number of rotatable bonds is 0. The quantitative estimate of drug-likeness (QED) is 0.436. The maximum atomic E-state index is 10.6. The van der Waals surface area contributed by atoms with Crippen molar-refractivity contribution in [3.63, 3.8) is 0 Å². The lowest BCUT2D eigenvalue weighted by molar-refractivity contribution is -0.119. The van der Waals surface area contributed by atoms with Gasteiger partial charge in [-0.1, -0.05) is 15.9 Å². The smallest absolute Gasteiger partial charge is 0.136 e. The summed E-state index contributed by atoms with van der Waals surface area (Å²) in [5.41, 5.74) is 0. The number of ketones is 1. The lowest BCUT2D eigenvalue weighted by Crippen LogP contribution is -2.33. The summed E-state index contributed by atoms with van der Waals surface area (Å²) in [5, 5.41) is 3.11. The highest BCUT2D eigenvalue weighted by molar-refractivity contribution is 9.09. The van der Waals surface area contributed by atoms with E-state index in [9.17, 15) is 4.79 Å². The predicted octanol–water partition coefficient (Wildman–Crippen LogP) is 0.660. The van der Waals surface area contributed by atoms with Crippen molar-refractivity contribution in [1.82, 2.24) is 5.32 Å². The first-order valence-electron chi connectivity index (χ1n) is 2.68. The monoisotopic (exact) mass is 177 g/mol. The fourth-order valence-corrected chi connectivity index (χ4v) is 1.33. The van der Waals surface area contributed by atoms with Gasteiger partial charge in [0, 0.05) is 19.4 Å². The van der Waals surface area contributed by atoms with Crippen LogP contribution in [0.4, 0.5) is 0 Å². The van der Waals surface area contributed by atoms with E-state index in [2.05, 4.69) is 21.2 Å². The molecule has 0 radical (unpaired) electrons. The van der Waals surface area contributed by atoms with Crippen LogP contribution in [0.25, 0.3) is 0 Å². The second-order valence-electron chi connectivity index (χ2n) is 1.91. The summed E-state index contributed by atoms with van der Waals surface area (Å²) < 4.78 is 0. The molecule has 46 valence electrons. The van der Waals surface area contributed by atoms with Gasteiger partial charge in [-0.2, -0.15) is 0 Å². The lowest BCUT2D eigenvalue weighted by Gasteiger charge is -2.15. The first-order valence-corrected chi connectivity index (χ1v) is 3.60. The van der Waals surface area contributed by atoms with Crippen molar-refractivity contribution in [2.45, 2.75) is 17.8 Å². The molecule has 1 saturated heterocycles. The highest BCUT2D eigenvalue weighted by atomic mass is 79.9. The Morgan fingerprint density at radius 3 is 2.88 bits per heavy atom. The molecule has 1 unspecified atom stereocenters. The van der Waals surface area contributed by atoms with E-state index in [-0.39, 0.29) is 4.95 Å². The number of carbonyl (C=O) groups excluding carboxylic acids is 1. The van der Waals surface area contributed by atoms with Gasteiger partial charge in [0.05, 0.1) is 4.95 Å². The maximum Gasteiger partial charge on any atom is 0.136 e. The Bertz CT molecular complexity index is 105. The summed E-state index contributed by atoms with van der Waals surface area (Å²) in [4.78, 5) is 10.8. The summed E-state index contributed by atoms with van der Waals surface area (Å²) >= 11 is 3.30. The van der Waals surface area contributed by atoms with Crippen LogP contribution in [0.1, 0.15) is 12.8 Å². The normalized spacial score (nSPS) is 30.6. The molecule has 0 aromatic carbocycles. The number of nitrogens with one attached hydrogen (secondary N) is 1. The molecule has 1 aliphatic heterocycles. The highest BCUT2D eigenvalue weighted by Gasteiger charge is 2.14. The third-order valence-corrected chi connectivity index (χ3v) is 1.82. The van der Waals surface area contributed by atoms with Gasteiger partial charge in [0.1, 0.15) is 5.78 Å². The molecule has 1 rings (SSSR count). The van der Waals surface area contributed by atoms with Crippen LogP contribution in [0, 0.1) is 0 Å². The van der Waals surface area contributed by atoms with Crippen LogP contribution in [0.15, 0.2) is 0 Å². The van der Waals surface area contributed by atoms with E-state index in [0.717, 1.165) is 6.54 Å². The van der Waals surface area contributed by atoms with Crippen molar-refractivity contribution in [1.29, 1.82) is 0 Å². The van der Waals surface area contributed by atoms with Gasteiger partial charge in [0.25, 0.3) is 0 Å². The number of Topliss-reactive ketones (excluding diaryl/α,β-unsaturated/α-hetero) is 1. The van der Waals surface area contributed by atoms with Gasteiger partial charge >= 0.3 is 0 Å². The number of piperidine rings is 1. The van der Waals surface area contributed by atoms with Crippen molar-refractivity contribution in [3.8, 4) is 0 Å². The van der Waals surface area contributed by atoms with Crippen molar-refractivity contribution < 1.29 is 4.79 Å². The standard InChI is InChI=1S/C5H8BrNO/c6-5-3-4(8)1-2-7-5/h5,7H,1-3H2. The second-order valence-corrected chi connectivity index (χ2v) is 3.02. The van der Waals surface area contributed by atoms with E-state index in [0.29, 0.717) is 18.6 Å². The molecule has 0 aliphatic carbocycles. The number of hydrogen-bond donors (Lipinski definition) is 1. The van der Waals surface area contributed by atoms with E-state index in [1.165, 1.54) is 0 Å². The fourth-order valence-electron chi connectivity index (χ4n) is 0.742. The molecule has 1 atom stereocenters. The fraction of sp³-hybridized carbons (Fsp3) is 0.800. The minimum Gasteiger partial charge on any atom is -0.304 e. The number of carbonyl (C=O) groups is 1. The van der Waals surface area contributed by atoms with E-state index in [1.54, 1.807) is 0 Å². The zero-order valence-electron chi connectivity index (χ0n) is 4.48. The Balaban J connectivity index is 2.34. The Kier molecular flexibility index (Phi) is 2.02. The highest BCUT2D eigenvalue weighted by Crippen LogP contribution is 2.07. The molecule has 0 saturated carbocycles. The Labute approximate surface area is 56.8 Å². The molecule has 0 aromatic rings. The van der Waals surface area contributed by atoms with Gasteiger partial charge in [-0.25, -0.2) is 0 Å². The van der Waals surface area contributed by atoms with Gasteiger partial charge in [-0.3, -0.25) is 4.79 Å². The molecule has 1 heterocycles. The van der Waals surface area contributed by atoms with Crippen molar-refractivity contribution in [2.75, 3.05) is 6.54 Å². The molecule has 1 aliphatic rings. The summed E-state index contributed by atoms with van der Waals surface area (Å²) in [6.45, 7) is 0.828. The lowest BCUT2D eigenvalue weighted by atomic mass is 10.1. The van der Waals surface area contributed by atoms with Crippen LogP contribution in [-0.2, 0) is 4.79 Å². The van der Waals surface area contributed by atoms with Gasteiger partial charge in [-0.05, 0) is 0 Å². The van der Waals surface area contributed by atoms with Crippen molar-refractivity contribution in [2.24, 2.45) is 0 Å². The molecule has 2 nitrogen and oxygen atoms in total.